The Morgan fingerprint density at radius 2 is 2.21 bits per heavy atom. The maximum Gasteiger partial charge on any atom is 0.242 e. The molecule has 106 valence electrons. The van der Waals surface area contributed by atoms with Crippen molar-refractivity contribution >= 4 is 39.1 Å². The highest BCUT2D eigenvalue weighted by Crippen LogP contribution is 2.26. The zero-order valence-electron chi connectivity index (χ0n) is 10.0. The average molecular weight is 325 g/mol. The van der Waals surface area contributed by atoms with E-state index in [2.05, 4.69) is 11.3 Å². The minimum atomic E-state index is -3.79. The Morgan fingerprint density at radius 3 is 2.84 bits per heavy atom. The second-order valence-corrected chi connectivity index (χ2v) is 6.86. The molecular formula is C11H14ClFN2O2S2. The van der Waals surface area contributed by atoms with Crippen molar-refractivity contribution in [2.45, 2.75) is 4.90 Å². The molecule has 0 amide bonds. The van der Waals surface area contributed by atoms with E-state index in [-0.39, 0.29) is 22.2 Å². The molecule has 0 spiro atoms. The van der Waals surface area contributed by atoms with E-state index < -0.39 is 15.8 Å². The smallest absolute Gasteiger partial charge is 0.242 e. The number of benzene rings is 1. The summed E-state index contributed by atoms with van der Waals surface area (Å²) in [5.74, 6) is 0.594. The van der Waals surface area contributed by atoms with Crippen LogP contribution in [0.5, 0.6) is 0 Å². The van der Waals surface area contributed by atoms with Gasteiger partial charge in [0.15, 0.2) is 0 Å². The van der Waals surface area contributed by atoms with Crippen LogP contribution in [0.3, 0.4) is 0 Å². The summed E-state index contributed by atoms with van der Waals surface area (Å²) < 4.78 is 39.4. The molecule has 0 atom stereocenters. The van der Waals surface area contributed by atoms with Gasteiger partial charge in [-0.3, -0.25) is 0 Å². The molecule has 1 aromatic rings. The first-order valence-corrected chi connectivity index (χ1v) is 8.33. The van der Waals surface area contributed by atoms with Crippen LogP contribution in [0.2, 0.25) is 5.02 Å². The maximum absolute atomic E-state index is 13.1. The highest BCUT2D eigenvalue weighted by molar-refractivity contribution is 7.99. The number of hydrogen-bond acceptors (Lipinski definition) is 4. The van der Waals surface area contributed by atoms with Crippen LogP contribution in [0, 0.1) is 5.82 Å². The van der Waals surface area contributed by atoms with Gasteiger partial charge < -0.3 is 5.73 Å². The normalized spacial score (nSPS) is 11.5. The van der Waals surface area contributed by atoms with Crippen LogP contribution >= 0.6 is 23.4 Å². The summed E-state index contributed by atoms with van der Waals surface area (Å²) in [4.78, 5) is -0.221. The first-order chi connectivity index (χ1) is 8.88. The van der Waals surface area contributed by atoms with Crippen LogP contribution in [-0.2, 0) is 10.0 Å². The van der Waals surface area contributed by atoms with E-state index in [0.29, 0.717) is 5.75 Å². The van der Waals surface area contributed by atoms with Gasteiger partial charge in [0.2, 0.25) is 10.0 Å². The van der Waals surface area contributed by atoms with Crippen LogP contribution in [-0.4, -0.2) is 26.5 Å². The van der Waals surface area contributed by atoms with Gasteiger partial charge in [-0.15, -0.1) is 6.58 Å². The van der Waals surface area contributed by atoms with Gasteiger partial charge in [-0.2, -0.15) is 11.8 Å². The highest BCUT2D eigenvalue weighted by atomic mass is 35.5. The summed E-state index contributed by atoms with van der Waals surface area (Å²) in [6.07, 6.45) is 1.73. The zero-order chi connectivity index (χ0) is 14.5. The van der Waals surface area contributed by atoms with Crippen LogP contribution in [0.25, 0.3) is 0 Å². The lowest BCUT2D eigenvalue weighted by Crippen LogP contribution is -2.26. The second kappa shape index (κ2) is 7.14. The summed E-state index contributed by atoms with van der Waals surface area (Å²) in [6, 6.07) is 1.90. The third-order valence-electron chi connectivity index (χ3n) is 2.11. The Morgan fingerprint density at radius 1 is 1.53 bits per heavy atom. The van der Waals surface area contributed by atoms with Crippen LogP contribution < -0.4 is 10.5 Å². The molecule has 3 N–H and O–H groups in total. The third kappa shape index (κ3) is 4.68. The number of sulfonamides is 1. The predicted molar refractivity (Wildman–Crippen MR) is 78.5 cm³/mol. The van der Waals surface area contributed by atoms with Crippen LogP contribution in [0.1, 0.15) is 0 Å². The molecular weight excluding hydrogens is 311 g/mol. The molecule has 4 nitrogen and oxygen atoms in total. The lowest BCUT2D eigenvalue weighted by molar-refractivity contribution is 0.583. The number of thioether (sulfide) groups is 1. The van der Waals surface area contributed by atoms with Crippen molar-refractivity contribution in [1.82, 2.24) is 4.72 Å². The summed E-state index contributed by atoms with van der Waals surface area (Å²) in [7, 11) is -3.79. The molecule has 0 saturated heterocycles. The first kappa shape index (κ1) is 16.3. The Labute approximate surface area is 121 Å². The molecule has 0 saturated carbocycles. The van der Waals surface area contributed by atoms with Gasteiger partial charge in [0.05, 0.1) is 10.7 Å². The number of halogens is 2. The molecule has 0 aliphatic carbocycles. The Bertz CT molecular complexity index is 564. The van der Waals surface area contributed by atoms with Gasteiger partial charge in [0, 0.05) is 18.1 Å². The SMILES string of the molecule is C=CCSCCNS(=O)(=O)c1cc(N)c(F)cc1Cl. The third-order valence-corrected chi connectivity index (χ3v) is 5.00. The Hall–Kier alpha value is -0.760. The lowest BCUT2D eigenvalue weighted by Gasteiger charge is -2.09. The molecule has 0 aliphatic rings. The molecule has 0 unspecified atom stereocenters. The number of rotatable bonds is 7. The molecule has 8 heteroatoms. The molecule has 0 radical (unpaired) electrons. The second-order valence-electron chi connectivity index (χ2n) is 3.57. The fraction of sp³-hybridized carbons (Fsp3) is 0.273. The fourth-order valence-corrected chi connectivity index (χ4v) is 3.53. The van der Waals surface area contributed by atoms with E-state index >= 15 is 0 Å². The average Bonchev–Trinajstić information content (AvgIpc) is 2.33. The zero-order valence-corrected chi connectivity index (χ0v) is 12.4. The fourth-order valence-electron chi connectivity index (χ4n) is 1.24. The van der Waals surface area contributed by atoms with Gasteiger partial charge in [-0.1, -0.05) is 17.7 Å². The minimum absolute atomic E-state index is 0.196. The number of nitrogens with two attached hydrogens (primary N) is 1. The van der Waals surface area contributed by atoms with Crippen molar-refractivity contribution in [1.29, 1.82) is 0 Å². The number of anilines is 1. The summed E-state index contributed by atoms with van der Waals surface area (Å²) in [5.41, 5.74) is 5.08. The monoisotopic (exact) mass is 324 g/mol. The molecule has 0 aromatic heterocycles. The number of hydrogen-bond donors (Lipinski definition) is 2. The van der Waals surface area contributed by atoms with Crippen LogP contribution in [0.15, 0.2) is 29.7 Å². The van der Waals surface area contributed by atoms with E-state index in [1.54, 1.807) is 6.08 Å². The van der Waals surface area contributed by atoms with Gasteiger partial charge >= 0.3 is 0 Å². The molecule has 0 bridgehead atoms. The quantitative estimate of drug-likeness (QED) is 0.458. The summed E-state index contributed by atoms with van der Waals surface area (Å²) >= 11 is 7.25. The molecule has 0 fully saturated rings. The van der Waals surface area contributed by atoms with E-state index in [0.717, 1.165) is 17.9 Å². The van der Waals surface area contributed by atoms with E-state index in [1.165, 1.54) is 11.8 Å². The molecule has 19 heavy (non-hydrogen) atoms. The highest BCUT2D eigenvalue weighted by Gasteiger charge is 2.19. The lowest BCUT2D eigenvalue weighted by atomic mass is 10.3. The predicted octanol–water partition coefficient (Wildman–Crippen LogP) is 2.26. The molecule has 0 heterocycles. The first-order valence-electron chi connectivity index (χ1n) is 5.31. The Balaban J connectivity index is 2.77. The van der Waals surface area contributed by atoms with Gasteiger partial charge in [0.1, 0.15) is 10.7 Å². The van der Waals surface area contributed by atoms with E-state index in [4.69, 9.17) is 17.3 Å². The largest absolute Gasteiger partial charge is 0.396 e. The number of nitrogen functional groups attached to an aromatic ring is 1. The van der Waals surface area contributed by atoms with Gasteiger partial charge in [0.25, 0.3) is 0 Å². The van der Waals surface area contributed by atoms with Gasteiger partial charge in [-0.25, -0.2) is 17.5 Å². The van der Waals surface area contributed by atoms with Crippen molar-refractivity contribution in [2.75, 3.05) is 23.8 Å². The van der Waals surface area contributed by atoms with Crippen LogP contribution in [0.4, 0.5) is 10.1 Å². The summed E-state index contributed by atoms with van der Waals surface area (Å²) in [6.45, 7) is 3.80. The molecule has 1 aromatic carbocycles. The number of nitrogens with one attached hydrogen (secondary N) is 1. The molecule has 0 aliphatic heterocycles. The standard InChI is InChI=1S/C11H14ClFN2O2S2/c1-2-4-18-5-3-15-19(16,17)11-7-10(14)9(13)6-8(11)12/h2,6-7,15H,1,3-5,14H2. The van der Waals surface area contributed by atoms with Crippen molar-refractivity contribution in [3.8, 4) is 0 Å². The van der Waals surface area contributed by atoms with E-state index in [1.807, 2.05) is 0 Å². The van der Waals surface area contributed by atoms with Crippen molar-refractivity contribution in [3.05, 3.63) is 35.6 Å². The maximum atomic E-state index is 13.1. The summed E-state index contributed by atoms with van der Waals surface area (Å²) in [5, 5.41) is -0.196. The Kier molecular flexibility index (Phi) is 6.12. The van der Waals surface area contributed by atoms with Crippen molar-refractivity contribution in [2.24, 2.45) is 0 Å². The van der Waals surface area contributed by atoms with Crippen molar-refractivity contribution < 1.29 is 12.8 Å². The van der Waals surface area contributed by atoms with Crippen molar-refractivity contribution in [3.63, 3.8) is 0 Å². The topological polar surface area (TPSA) is 72.2 Å². The molecule has 1 rings (SSSR count). The van der Waals surface area contributed by atoms with Gasteiger partial charge in [-0.05, 0) is 12.1 Å². The van der Waals surface area contributed by atoms with E-state index in [9.17, 15) is 12.8 Å². The minimum Gasteiger partial charge on any atom is -0.396 e.